The first-order chi connectivity index (χ1) is 15.1. The monoisotopic (exact) mass is 439 g/mol. The number of hydrogen-bond donors (Lipinski definition) is 0. The van der Waals surface area contributed by atoms with Crippen LogP contribution in [-0.2, 0) is 17.9 Å². The zero-order valence-corrected chi connectivity index (χ0v) is 19.4. The summed E-state index contributed by atoms with van der Waals surface area (Å²) in [6, 6.07) is 8.21. The fraction of sp³-hybridized carbons (Fsp3) is 0.600. The highest BCUT2D eigenvalue weighted by molar-refractivity contribution is 7.99. The minimum Gasteiger partial charge on any atom is -0.497 e. The minimum absolute atomic E-state index is 0.0374. The molecule has 31 heavy (non-hydrogen) atoms. The molecule has 0 atom stereocenters. The Morgan fingerprint density at radius 2 is 1.94 bits per heavy atom. The Morgan fingerprint density at radius 1 is 1.23 bits per heavy atom. The number of hydrogen-bond acceptors (Lipinski definition) is 4. The van der Waals surface area contributed by atoms with Crippen molar-refractivity contribution >= 4 is 17.7 Å². The molecule has 1 aromatic carbocycles. The van der Waals surface area contributed by atoms with Crippen LogP contribution in [0, 0.1) is 17.8 Å². The van der Waals surface area contributed by atoms with E-state index in [1.165, 1.54) is 38.5 Å². The summed E-state index contributed by atoms with van der Waals surface area (Å²) in [6.45, 7) is 3.65. The summed E-state index contributed by atoms with van der Waals surface area (Å²) in [6.07, 6.45) is 11.5. The molecule has 2 aromatic rings. The van der Waals surface area contributed by atoms with E-state index < -0.39 is 0 Å². The highest BCUT2D eigenvalue weighted by Gasteiger charge is 2.54. The van der Waals surface area contributed by atoms with Crippen molar-refractivity contribution < 1.29 is 9.53 Å². The molecule has 6 heteroatoms. The lowest BCUT2D eigenvalue weighted by Crippen LogP contribution is -2.61. The van der Waals surface area contributed by atoms with Crippen LogP contribution in [0.4, 0.5) is 0 Å². The number of aromatic nitrogens is 2. The third-order valence-electron chi connectivity index (χ3n) is 7.70. The number of aryl methyl sites for hydroxylation is 1. The number of carbonyl (C=O) groups excluding carboxylic acids is 1. The Hall–Kier alpha value is -1.95. The van der Waals surface area contributed by atoms with Crippen molar-refractivity contribution in [2.45, 2.75) is 69.2 Å². The summed E-state index contributed by atoms with van der Waals surface area (Å²) in [5, 5.41) is 0.933. The van der Waals surface area contributed by atoms with Crippen molar-refractivity contribution in [1.29, 1.82) is 0 Å². The Balaban J connectivity index is 1.40. The predicted octanol–water partition coefficient (Wildman–Crippen LogP) is 5.00. The molecule has 5 nitrogen and oxygen atoms in total. The first-order valence-corrected chi connectivity index (χ1v) is 12.6. The van der Waals surface area contributed by atoms with E-state index in [9.17, 15) is 4.79 Å². The molecule has 166 valence electrons. The van der Waals surface area contributed by atoms with E-state index in [0.717, 1.165) is 40.8 Å². The number of carbonyl (C=O) groups is 1. The number of benzene rings is 1. The van der Waals surface area contributed by atoms with Gasteiger partial charge >= 0.3 is 0 Å². The molecule has 0 radical (unpaired) electrons. The van der Waals surface area contributed by atoms with Crippen molar-refractivity contribution in [3.63, 3.8) is 0 Å². The highest BCUT2D eigenvalue weighted by Crippen LogP contribution is 2.58. The van der Waals surface area contributed by atoms with E-state index in [1.807, 2.05) is 24.5 Å². The van der Waals surface area contributed by atoms with Crippen molar-refractivity contribution in [2.24, 2.45) is 17.8 Å². The van der Waals surface area contributed by atoms with E-state index >= 15 is 0 Å². The maximum Gasteiger partial charge on any atom is 0.233 e. The van der Waals surface area contributed by atoms with Gasteiger partial charge < -0.3 is 14.2 Å². The van der Waals surface area contributed by atoms with Gasteiger partial charge in [0.2, 0.25) is 5.91 Å². The van der Waals surface area contributed by atoms with Crippen LogP contribution in [0.15, 0.2) is 41.8 Å². The molecule has 1 aromatic heterocycles. The molecule has 0 N–H and O–H groups in total. The van der Waals surface area contributed by atoms with Gasteiger partial charge in [0.05, 0.1) is 12.9 Å². The smallest absolute Gasteiger partial charge is 0.233 e. The normalized spacial score (nSPS) is 28.6. The van der Waals surface area contributed by atoms with Crippen LogP contribution in [0.5, 0.6) is 5.75 Å². The number of rotatable bonds is 8. The minimum atomic E-state index is 0.0374. The summed E-state index contributed by atoms with van der Waals surface area (Å²) in [4.78, 5) is 20.5. The number of imidazole rings is 1. The SMILES string of the molecule is CCn1ccnc1SCC(=O)N(Cc1cccc(OC)c1)C12CC3CC(CC(C3)C1)C2. The maximum atomic E-state index is 13.7. The predicted molar refractivity (Wildman–Crippen MR) is 123 cm³/mol. The van der Waals surface area contributed by atoms with Crippen LogP contribution in [0.1, 0.15) is 51.0 Å². The third-order valence-corrected chi connectivity index (χ3v) is 8.69. The highest BCUT2D eigenvalue weighted by atomic mass is 32.2. The van der Waals surface area contributed by atoms with Gasteiger partial charge in [-0.05, 0) is 80.9 Å². The van der Waals surface area contributed by atoms with Gasteiger partial charge in [0, 0.05) is 31.0 Å². The van der Waals surface area contributed by atoms with E-state index in [1.54, 1.807) is 18.9 Å². The fourth-order valence-electron chi connectivity index (χ4n) is 6.75. The second-order valence-corrected chi connectivity index (χ2v) is 10.7. The molecule has 0 aliphatic heterocycles. The van der Waals surface area contributed by atoms with Gasteiger partial charge in [-0.2, -0.15) is 0 Å². The molecule has 0 unspecified atom stereocenters. The van der Waals surface area contributed by atoms with Crippen LogP contribution in [0.2, 0.25) is 0 Å². The average molecular weight is 440 g/mol. The van der Waals surface area contributed by atoms with E-state index in [0.29, 0.717) is 12.3 Å². The Labute approximate surface area is 189 Å². The first kappa shape index (κ1) is 20.9. The van der Waals surface area contributed by atoms with E-state index in [4.69, 9.17) is 4.74 Å². The van der Waals surface area contributed by atoms with Gasteiger partial charge in [-0.15, -0.1) is 0 Å². The summed E-state index contributed by atoms with van der Waals surface area (Å²) in [7, 11) is 1.70. The van der Waals surface area contributed by atoms with Gasteiger partial charge in [-0.25, -0.2) is 4.98 Å². The summed E-state index contributed by atoms with van der Waals surface area (Å²) < 4.78 is 7.56. The van der Waals surface area contributed by atoms with Crippen LogP contribution in [-0.4, -0.2) is 38.8 Å². The lowest BCUT2D eigenvalue weighted by molar-refractivity contribution is -0.149. The summed E-state index contributed by atoms with van der Waals surface area (Å²) in [5.41, 5.74) is 1.19. The summed E-state index contributed by atoms with van der Waals surface area (Å²) in [5.74, 6) is 3.97. The molecule has 4 bridgehead atoms. The molecule has 0 saturated heterocycles. The molecule has 4 fully saturated rings. The number of thioether (sulfide) groups is 1. The standard InChI is InChI=1S/C25H33N3O2S/c1-3-27-8-7-26-24(27)31-17-23(29)28(16-18-5-4-6-22(12-18)30-2)25-13-19-9-20(14-25)11-21(10-19)15-25/h4-8,12,19-21H,3,9-11,13-17H2,1-2H3. The molecular weight excluding hydrogens is 406 g/mol. The molecule has 1 heterocycles. The van der Waals surface area contributed by atoms with E-state index in [-0.39, 0.29) is 11.4 Å². The Bertz CT molecular complexity index is 905. The Morgan fingerprint density at radius 3 is 2.58 bits per heavy atom. The third kappa shape index (κ3) is 4.11. The first-order valence-electron chi connectivity index (χ1n) is 11.7. The van der Waals surface area contributed by atoms with Gasteiger partial charge in [0.1, 0.15) is 5.75 Å². The van der Waals surface area contributed by atoms with Crippen molar-refractivity contribution in [3.8, 4) is 5.75 Å². The molecule has 4 saturated carbocycles. The van der Waals surface area contributed by atoms with E-state index in [2.05, 4.69) is 33.5 Å². The van der Waals surface area contributed by atoms with Crippen molar-refractivity contribution in [3.05, 3.63) is 42.2 Å². The van der Waals surface area contributed by atoms with Crippen LogP contribution < -0.4 is 4.74 Å². The number of methoxy groups -OCH3 is 1. The topological polar surface area (TPSA) is 47.4 Å². The number of ether oxygens (including phenoxy) is 1. The lowest BCUT2D eigenvalue weighted by Gasteiger charge is -2.60. The molecule has 6 rings (SSSR count). The lowest BCUT2D eigenvalue weighted by atomic mass is 9.52. The second kappa shape index (κ2) is 8.53. The van der Waals surface area contributed by atoms with Gasteiger partial charge in [0.15, 0.2) is 5.16 Å². The molecule has 1 amide bonds. The molecule has 4 aliphatic carbocycles. The quantitative estimate of drug-likeness (QED) is 0.543. The maximum absolute atomic E-state index is 13.7. The zero-order chi connectivity index (χ0) is 21.4. The average Bonchev–Trinajstić information content (AvgIpc) is 3.22. The number of nitrogens with zero attached hydrogens (tertiary/aromatic N) is 3. The van der Waals surface area contributed by atoms with Gasteiger partial charge in [-0.1, -0.05) is 23.9 Å². The largest absolute Gasteiger partial charge is 0.497 e. The second-order valence-electron chi connectivity index (χ2n) is 9.76. The zero-order valence-electron chi connectivity index (χ0n) is 18.6. The number of amides is 1. The van der Waals surface area contributed by atoms with Gasteiger partial charge in [0.25, 0.3) is 0 Å². The fourth-order valence-corrected chi connectivity index (χ4v) is 7.65. The van der Waals surface area contributed by atoms with Crippen LogP contribution in [0.25, 0.3) is 0 Å². The van der Waals surface area contributed by atoms with Crippen molar-refractivity contribution in [1.82, 2.24) is 14.5 Å². The molecular formula is C25H33N3O2S. The molecule has 4 aliphatic rings. The van der Waals surface area contributed by atoms with Crippen LogP contribution in [0.3, 0.4) is 0 Å². The van der Waals surface area contributed by atoms with Crippen LogP contribution >= 0.6 is 11.8 Å². The van der Waals surface area contributed by atoms with Crippen molar-refractivity contribution in [2.75, 3.05) is 12.9 Å². The Kier molecular flexibility index (Phi) is 5.76. The summed E-state index contributed by atoms with van der Waals surface area (Å²) >= 11 is 1.57. The van der Waals surface area contributed by atoms with Gasteiger partial charge in [-0.3, -0.25) is 4.79 Å². The molecule has 0 spiro atoms.